The molecular weight excluding hydrogens is 355 g/mol. The lowest BCUT2D eigenvalue weighted by Gasteiger charge is -2.11. The van der Waals surface area contributed by atoms with Crippen LogP contribution in [-0.4, -0.2) is 35.7 Å². The van der Waals surface area contributed by atoms with Crippen LogP contribution in [0.2, 0.25) is 0 Å². The molecule has 0 aliphatic rings. The molecule has 1 unspecified atom stereocenters. The van der Waals surface area contributed by atoms with Crippen molar-refractivity contribution >= 4 is 19.2 Å². The third-order valence-corrected chi connectivity index (χ3v) is 4.36. The number of methoxy groups -OCH3 is 2. The molecule has 1 heterocycles. The summed E-state index contributed by atoms with van der Waals surface area (Å²) < 4.78 is 25.9. The highest BCUT2D eigenvalue weighted by Crippen LogP contribution is 2.35. The Balaban J connectivity index is 1.93. The lowest BCUT2D eigenvalue weighted by molar-refractivity contribution is 0.285. The number of hydrogen-bond acceptors (Lipinski definition) is 6. The predicted octanol–water partition coefficient (Wildman–Crippen LogP) is 3.52. The van der Waals surface area contributed by atoms with Crippen molar-refractivity contribution in [3.05, 3.63) is 48.3 Å². The van der Waals surface area contributed by atoms with Gasteiger partial charge in [-0.1, -0.05) is 24.3 Å². The minimum absolute atomic E-state index is 0.193. The topological polar surface area (TPSA) is 90.8 Å². The lowest BCUT2D eigenvalue weighted by Crippen LogP contribution is -1.95. The Labute approximate surface area is 151 Å². The molecule has 2 aromatic carbocycles. The second kappa shape index (κ2) is 8.19. The third kappa shape index (κ3) is 3.96. The zero-order valence-electron chi connectivity index (χ0n) is 14.4. The molecule has 0 aliphatic heterocycles. The van der Waals surface area contributed by atoms with Crippen molar-refractivity contribution in [3.63, 3.8) is 0 Å². The Morgan fingerprint density at radius 2 is 1.73 bits per heavy atom. The van der Waals surface area contributed by atoms with Gasteiger partial charge in [-0.3, -0.25) is 0 Å². The fourth-order valence-corrected chi connectivity index (χ4v) is 2.93. The quantitative estimate of drug-likeness (QED) is 0.634. The van der Waals surface area contributed by atoms with E-state index < -0.39 is 8.25 Å². The number of ether oxygens (including phenoxy) is 2. The average molecular weight is 373 g/mol. The van der Waals surface area contributed by atoms with Crippen molar-refractivity contribution in [2.24, 2.45) is 0 Å². The Morgan fingerprint density at radius 1 is 1.04 bits per heavy atom. The number of aromatic nitrogens is 2. The van der Waals surface area contributed by atoms with Crippen molar-refractivity contribution in [1.82, 2.24) is 9.97 Å². The Bertz CT molecular complexity index is 931. The van der Waals surface area contributed by atoms with Crippen LogP contribution in [0.25, 0.3) is 22.2 Å². The number of fused-ring (bicyclic) bond motifs is 1. The second-order valence-electron chi connectivity index (χ2n) is 5.46. The van der Waals surface area contributed by atoms with Gasteiger partial charge in [0.05, 0.1) is 25.4 Å². The fraction of sp³-hybridized carbons (Fsp3) is 0.222. The molecule has 7 nitrogen and oxygen atoms in total. The summed E-state index contributed by atoms with van der Waals surface area (Å²) >= 11 is 0. The maximum absolute atomic E-state index is 10.5. The van der Waals surface area contributed by atoms with Crippen LogP contribution in [0.3, 0.4) is 0 Å². The number of rotatable bonds is 7. The van der Waals surface area contributed by atoms with Crippen LogP contribution in [0, 0.1) is 0 Å². The van der Waals surface area contributed by atoms with E-state index in [2.05, 4.69) is 14.5 Å². The summed E-state index contributed by atoms with van der Waals surface area (Å²) in [5.74, 6) is 1.23. The average Bonchev–Trinajstić information content (AvgIpc) is 2.66. The van der Waals surface area contributed by atoms with E-state index >= 15 is 0 Å². The smallest absolute Gasteiger partial charge is 0.493 e. The summed E-state index contributed by atoms with van der Waals surface area (Å²) in [5.41, 5.74) is 3.49. The molecule has 26 heavy (non-hydrogen) atoms. The third-order valence-electron chi connectivity index (χ3n) is 3.96. The zero-order chi connectivity index (χ0) is 18.5. The Kier molecular flexibility index (Phi) is 5.73. The van der Waals surface area contributed by atoms with Crippen LogP contribution in [0.1, 0.15) is 5.56 Å². The molecule has 1 N–H and O–H groups in total. The van der Waals surface area contributed by atoms with Crippen molar-refractivity contribution in [2.75, 3.05) is 20.8 Å². The molecular formula is C18H18N2O5P+. The first kappa shape index (κ1) is 18.2. The van der Waals surface area contributed by atoms with Gasteiger partial charge in [-0.2, -0.15) is 0 Å². The highest BCUT2D eigenvalue weighted by molar-refractivity contribution is 7.32. The molecule has 3 aromatic rings. The van der Waals surface area contributed by atoms with Gasteiger partial charge >= 0.3 is 8.25 Å². The van der Waals surface area contributed by atoms with Gasteiger partial charge in [0.15, 0.2) is 11.5 Å². The molecule has 3 rings (SSSR count). The van der Waals surface area contributed by atoms with E-state index in [4.69, 9.17) is 14.4 Å². The highest BCUT2D eigenvalue weighted by atomic mass is 31.1. The summed E-state index contributed by atoms with van der Waals surface area (Å²) in [6, 6.07) is 11.5. The molecule has 0 spiro atoms. The zero-order valence-corrected chi connectivity index (χ0v) is 15.3. The maximum atomic E-state index is 10.5. The van der Waals surface area contributed by atoms with Gasteiger partial charge in [0.1, 0.15) is 12.9 Å². The van der Waals surface area contributed by atoms with E-state index in [1.807, 2.05) is 36.4 Å². The van der Waals surface area contributed by atoms with E-state index in [1.165, 1.54) is 6.33 Å². The number of hydrogen-bond donors (Lipinski definition) is 1. The molecule has 0 saturated carbocycles. The first-order chi connectivity index (χ1) is 12.6. The molecule has 1 aromatic heterocycles. The SMILES string of the molecule is COc1cc2ncnc(-c3ccc(CCO[P+](=O)O)cc3)c2cc1OC. The molecule has 0 amide bonds. The standard InChI is InChI=1S/C18H17N2O5P/c1-23-16-9-14-15(10-17(16)24-2)19-11-20-18(14)13-5-3-12(4-6-13)7-8-25-26(21)22/h3-6,9-11H,7-8H2,1-2H3/p+1. The van der Waals surface area contributed by atoms with Gasteiger partial charge in [-0.25, -0.2) is 9.97 Å². The van der Waals surface area contributed by atoms with Crippen LogP contribution in [0.15, 0.2) is 42.7 Å². The van der Waals surface area contributed by atoms with Gasteiger partial charge in [0.2, 0.25) is 0 Å². The van der Waals surface area contributed by atoms with Crippen LogP contribution in [-0.2, 0) is 15.5 Å². The van der Waals surface area contributed by atoms with Gasteiger partial charge in [0.25, 0.3) is 0 Å². The summed E-state index contributed by atoms with van der Waals surface area (Å²) in [4.78, 5) is 17.4. The maximum Gasteiger partial charge on any atom is 0.694 e. The van der Waals surface area contributed by atoms with Crippen molar-refractivity contribution in [1.29, 1.82) is 0 Å². The first-order valence-corrected chi connectivity index (χ1v) is 9.00. The Morgan fingerprint density at radius 3 is 2.38 bits per heavy atom. The molecule has 0 bridgehead atoms. The van der Waals surface area contributed by atoms with Gasteiger partial charge in [-0.05, 0) is 11.6 Å². The molecule has 1 atom stereocenters. The van der Waals surface area contributed by atoms with E-state index in [0.717, 1.165) is 27.7 Å². The lowest BCUT2D eigenvalue weighted by atomic mass is 10.0. The summed E-state index contributed by atoms with van der Waals surface area (Å²) in [5, 5.41) is 0.860. The van der Waals surface area contributed by atoms with Crippen LogP contribution < -0.4 is 9.47 Å². The number of benzene rings is 2. The van der Waals surface area contributed by atoms with Gasteiger partial charge in [-0.15, -0.1) is 9.42 Å². The monoisotopic (exact) mass is 373 g/mol. The number of nitrogens with zero attached hydrogens (tertiary/aromatic N) is 2. The van der Waals surface area contributed by atoms with E-state index in [9.17, 15) is 4.57 Å². The van der Waals surface area contributed by atoms with Crippen molar-refractivity contribution in [2.45, 2.75) is 6.42 Å². The molecule has 134 valence electrons. The summed E-state index contributed by atoms with van der Waals surface area (Å²) in [6.07, 6.45) is 2.07. The summed E-state index contributed by atoms with van der Waals surface area (Å²) in [6.45, 7) is 0.193. The Hall–Kier alpha value is -2.60. The molecule has 0 saturated heterocycles. The minimum Gasteiger partial charge on any atom is -0.493 e. The van der Waals surface area contributed by atoms with Gasteiger partial charge in [0, 0.05) is 28.0 Å². The van der Waals surface area contributed by atoms with Gasteiger partial charge < -0.3 is 9.47 Å². The predicted molar refractivity (Wildman–Crippen MR) is 97.6 cm³/mol. The normalized spacial score (nSPS) is 11.4. The van der Waals surface area contributed by atoms with Crippen molar-refractivity contribution < 1.29 is 23.5 Å². The molecule has 8 heteroatoms. The highest BCUT2D eigenvalue weighted by Gasteiger charge is 2.13. The van der Waals surface area contributed by atoms with E-state index in [0.29, 0.717) is 17.9 Å². The largest absolute Gasteiger partial charge is 0.694 e. The molecule has 0 aliphatic carbocycles. The van der Waals surface area contributed by atoms with Crippen LogP contribution in [0.5, 0.6) is 11.5 Å². The van der Waals surface area contributed by atoms with Crippen LogP contribution in [0.4, 0.5) is 0 Å². The van der Waals surface area contributed by atoms with Crippen LogP contribution >= 0.6 is 8.25 Å². The fourth-order valence-electron chi connectivity index (χ4n) is 2.68. The molecule has 0 fully saturated rings. The second-order valence-corrected chi connectivity index (χ2v) is 6.20. The van der Waals surface area contributed by atoms with E-state index in [-0.39, 0.29) is 6.61 Å². The first-order valence-electron chi connectivity index (χ1n) is 7.87. The summed E-state index contributed by atoms with van der Waals surface area (Å²) in [7, 11) is 0.615. The van der Waals surface area contributed by atoms with E-state index in [1.54, 1.807) is 14.2 Å². The molecule has 0 radical (unpaired) electrons. The van der Waals surface area contributed by atoms with Crippen molar-refractivity contribution in [3.8, 4) is 22.8 Å². The minimum atomic E-state index is -2.56.